The summed E-state index contributed by atoms with van der Waals surface area (Å²) in [5, 5.41) is 2.15. The standard InChI is InChI=1S/C25H49BrOS/c1-3-5-7-9-12-16-20-24(21-17-13-10-8-6-4-2)28-25(27)22-18-14-11-15-19-23-26/h24H,3-23H2,1-2H3. The van der Waals surface area contributed by atoms with E-state index in [9.17, 15) is 4.79 Å². The summed E-state index contributed by atoms with van der Waals surface area (Å²) < 4.78 is 0. The van der Waals surface area contributed by atoms with Crippen LogP contribution in [0.2, 0.25) is 0 Å². The number of hydrogen-bond acceptors (Lipinski definition) is 2. The van der Waals surface area contributed by atoms with E-state index in [0.717, 1.165) is 18.2 Å². The number of halogens is 1. The Morgan fingerprint density at radius 2 is 1.07 bits per heavy atom. The minimum absolute atomic E-state index is 0.461. The lowest BCUT2D eigenvalue weighted by Crippen LogP contribution is -2.07. The van der Waals surface area contributed by atoms with Crippen molar-refractivity contribution in [3.8, 4) is 0 Å². The first-order valence-corrected chi connectivity index (χ1v) is 14.5. The van der Waals surface area contributed by atoms with Gasteiger partial charge in [0.25, 0.3) is 0 Å². The summed E-state index contributed by atoms with van der Waals surface area (Å²) in [5.74, 6) is 0. The first-order valence-electron chi connectivity index (χ1n) is 12.5. The van der Waals surface area contributed by atoms with Gasteiger partial charge in [0.15, 0.2) is 5.12 Å². The van der Waals surface area contributed by atoms with Crippen LogP contribution in [0.15, 0.2) is 0 Å². The average Bonchev–Trinajstić information content (AvgIpc) is 2.69. The molecular weight excluding hydrogens is 428 g/mol. The SMILES string of the molecule is CCCCCCCCC(CCCCCCCC)SC(=O)CCCCCCCBr. The molecule has 0 aliphatic carbocycles. The molecule has 0 unspecified atom stereocenters. The summed E-state index contributed by atoms with van der Waals surface area (Å²) >= 11 is 5.19. The fourth-order valence-electron chi connectivity index (χ4n) is 3.71. The molecule has 0 aromatic carbocycles. The van der Waals surface area contributed by atoms with E-state index in [1.165, 1.54) is 116 Å². The Labute approximate surface area is 190 Å². The third-order valence-electron chi connectivity index (χ3n) is 5.57. The number of rotatable bonds is 22. The summed E-state index contributed by atoms with van der Waals surface area (Å²) in [5.41, 5.74) is 0. The maximum Gasteiger partial charge on any atom is 0.189 e. The van der Waals surface area contributed by atoms with E-state index in [1.807, 2.05) is 0 Å². The van der Waals surface area contributed by atoms with Gasteiger partial charge in [-0.2, -0.15) is 0 Å². The molecule has 0 heterocycles. The van der Waals surface area contributed by atoms with Gasteiger partial charge in [0.1, 0.15) is 0 Å². The van der Waals surface area contributed by atoms with Gasteiger partial charge in [-0.1, -0.05) is 138 Å². The second-order valence-corrected chi connectivity index (χ2v) is 10.6. The van der Waals surface area contributed by atoms with Crippen LogP contribution in [-0.4, -0.2) is 15.7 Å². The van der Waals surface area contributed by atoms with Crippen LogP contribution in [0.5, 0.6) is 0 Å². The topological polar surface area (TPSA) is 17.1 Å². The third kappa shape index (κ3) is 21.2. The van der Waals surface area contributed by atoms with Crippen LogP contribution < -0.4 is 0 Å². The Balaban J connectivity index is 3.99. The molecule has 0 atom stereocenters. The highest BCUT2D eigenvalue weighted by Gasteiger charge is 2.14. The summed E-state index contributed by atoms with van der Waals surface area (Å²) in [6.07, 6.45) is 25.7. The largest absolute Gasteiger partial charge is 0.287 e. The maximum absolute atomic E-state index is 12.4. The highest BCUT2D eigenvalue weighted by atomic mass is 79.9. The van der Waals surface area contributed by atoms with Crippen molar-refractivity contribution in [1.29, 1.82) is 0 Å². The van der Waals surface area contributed by atoms with E-state index < -0.39 is 0 Å². The molecule has 0 saturated heterocycles. The normalized spacial score (nSPS) is 11.4. The predicted molar refractivity (Wildman–Crippen MR) is 134 cm³/mol. The molecule has 0 aliphatic rings. The number of unbranched alkanes of at least 4 members (excludes halogenated alkanes) is 14. The molecule has 0 fully saturated rings. The van der Waals surface area contributed by atoms with Crippen molar-refractivity contribution in [2.75, 3.05) is 5.33 Å². The van der Waals surface area contributed by atoms with Crippen LogP contribution in [-0.2, 0) is 4.79 Å². The average molecular weight is 478 g/mol. The summed E-state index contributed by atoms with van der Waals surface area (Å²) in [6.45, 7) is 4.56. The number of carbonyl (C=O) groups excluding carboxylic acids is 1. The number of thioether (sulfide) groups is 1. The predicted octanol–water partition coefficient (Wildman–Crippen LogP) is 9.85. The lowest BCUT2D eigenvalue weighted by atomic mass is 10.0. The number of alkyl halides is 1. The van der Waals surface area contributed by atoms with Crippen LogP contribution in [0.25, 0.3) is 0 Å². The molecular formula is C25H49BrOS. The third-order valence-corrected chi connectivity index (χ3v) is 7.40. The maximum atomic E-state index is 12.4. The van der Waals surface area contributed by atoms with E-state index in [1.54, 1.807) is 11.8 Å². The van der Waals surface area contributed by atoms with E-state index in [2.05, 4.69) is 29.8 Å². The van der Waals surface area contributed by atoms with Gasteiger partial charge in [0.2, 0.25) is 0 Å². The Hall–Kier alpha value is 0.500. The van der Waals surface area contributed by atoms with Crippen molar-refractivity contribution in [2.24, 2.45) is 0 Å². The van der Waals surface area contributed by atoms with E-state index in [-0.39, 0.29) is 0 Å². The van der Waals surface area contributed by atoms with Crippen molar-refractivity contribution in [3.63, 3.8) is 0 Å². The zero-order valence-corrected chi connectivity index (χ0v) is 21.5. The van der Waals surface area contributed by atoms with Crippen LogP contribution in [0, 0.1) is 0 Å². The molecule has 0 aliphatic heterocycles. The quantitative estimate of drug-likeness (QED) is 0.114. The smallest absolute Gasteiger partial charge is 0.189 e. The van der Waals surface area contributed by atoms with Crippen molar-refractivity contribution in [3.05, 3.63) is 0 Å². The van der Waals surface area contributed by atoms with Gasteiger partial charge in [0.05, 0.1) is 0 Å². The number of carbonyl (C=O) groups is 1. The highest BCUT2D eigenvalue weighted by Crippen LogP contribution is 2.27. The minimum Gasteiger partial charge on any atom is -0.287 e. The van der Waals surface area contributed by atoms with E-state index >= 15 is 0 Å². The summed E-state index contributed by atoms with van der Waals surface area (Å²) in [7, 11) is 0. The van der Waals surface area contributed by atoms with E-state index in [4.69, 9.17) is 0 Å². The zero-order chi connectivity index (χ0) is 20.7. The molecule has 168 valence electrons. The molecule has 0 saturated carbocycles. The number of hydrogen-bond donors (Lipinski definition) is 0. The lowest BCUT2D eigenvalue weighted by Gasteiger charge is -2.16. The molecule has 1 nitrogen and oxygen atoms in total. The van der Waals surface area contributed by atoms with Crippen LogP contribution in [0.1, 0.15) is 142 Å². The monoisotopic (exact) mass is 476 g/mol. The van der Waals surface area contributed by atoms with Gasteiger partial charge >= 0.3 is 0 Å². The van der Waals surface area contributed by atoms with Crippen LogP contribution >= 0.6 is 27.7 Å². The summed E-state index contributed by atoms with van der Waals surface area (Å²) in [4.78, 5) is 12.4. The molecule has 0 aromatic heterocycles. The highest BCUT2D eigenvalue weighted by molar-refractivity contribution is 9.09. The van der Waals surface area contributed by atoms with Crippen molar-refractivity contribution < 1.29 is 4.79 Å². The molecule has 0 amide bonds. The minimum atomic E-state index is 0.461. The fourth-order valence-corrected chi connectivity index (χ4v) is 5.31. The van der Waals surface area contributed by atoms with Gasteiger partial charge in [-0.25, -0.2) is 0 Å². The van der Waals surface area contributed by atoms with Gasteiger partial charge in [-0.05, 0) is 25.7 Å². The van der Waals surface area contributed by atoms with E-state index in [0.29, 0.717) is 10.4 Å². The summed E-state index contributed by atoms with van der Waals surface area (Å²) in [6, 6.07) is 0. The molecule has 28 heavy (non-hydrogen) atoms. The second kappa shape index (κ2) is 23.8. The van der Waals surface area contributed by atoms with Crippen molar-refractivity contribution in [1.82, 2.24) is 0 Å². The zero-order valence-electron chi connectivity index (χ0n) is 19.1. The first kappa shape index (κ1) is 28.5. The Morgan fingerprint density at radius 1 is 0.643 bits per heavy atom. The first-order chi connectivity index (χ1) is 13.7. The lowest BCUT2D eigenvalue weighted by molar-refractivity contribution is -0.111. The van der Waals surface area contributed by atoms with Gasteiger partial charge < -0.3 is 0 Å². The Morgan fingerprint density at radius 3 is 1.57 bits per heavy atom. The van der Waals surface area contributed by atoms with Crippen molar-refractivity contribution >= 4 is 32.8 Å². The van der Waals surface area contributed by atoms with Gasteiger partial charge in [0, 0.05) is 17.0 Å². The molecule has 0 spiro atoms. The van der Waals surface area contributed by atoms with Crippen LogP contribution in [0.3, 0.4) is 0 Å². The molecule has 3 heteroatoms. The van der Waals surface area contributed by atoms with Crippen molar-refractivity contribution in [2.45, 2.75) is 148 Å². The molecule has 0 rings (SSSR count). The Bertz CT molecular complexity index is 306. The Kier molecular flexibility index (Phi) is 24.2. The fraction of sp³-hybridized carbons (Fsp3) is 0.960. The van der Waals surface area contributed by atoms with Gasteiger partial charge in [-0.15, -0.1) is 0 Å². The molecule has 0 N–H and O–H groups in total. The molecule has 0 aromatic rings. The molecule has 0 bridgehead atoms. The second-order valence-electron chi connectivity index (χ2n) is 8.43. The molecule has 0 radical (unpaired) electrons. The van der Waals surface area contributed by atoms with Gasteiger partial charge in [-0.3, -0.25) is 4.79 Å². The van der Waals surface area contributed by atoms with Crippen LogP contribution in [0.4, 0.5) is 0 Å².